The molecule has 2 aromatic rings. The maximum atomic E-state index is 12.3. The van der Waals surface area contributed by atoms with Crippen molar-refractivity contribution in [3.8, 4) is 11.5 Å². The number of nitrogens with zero attached hydrogens (tertiary/aromatic N) is 1. The lowest BCUT2D eigenvalue weighted by atomic mass is 10.1. The van der Waals surface area contributed by atoms with Gasteiger partial charge in [-0.05, 0) is 55.7 Å². The van der Waals surface area contributed by atoms with Crippen LogP contribution in [0.5, 0.6) is 11.5 Å². The van der Waals surface area contributed by atoms with E-state index < -0.39 is 11.8 Å². The number of methoxy groups -OCH3 is 1. The van der Waals surface area contributed by atoms with Crippen molar-refractivity contribution in [1.82, 2.24) is 10.7 Å². The summed E-state index contributed by atoms with van der Waals surface area (Å²) in [7, 11) is 1.47. The van der Waals surface area contributed by atoms with Crippen molar-refractivity contribution in [2.45, 2.75) is 33.6 Å². The van der Waals surface area contributed by atoms with E-state index in [-0.39, 0.29) is 12.5 Å². The molecule has 3 N–H and O–H groups in total. The summed E-state index contributed by atoms with van der Waals surface area (Å²) >= 11 is 0. The van der Waals surface area contributed by atoms with Crippen molar-refractivity contribution >= 4 is 29.6 Å². The second-order valence-electron chi connectivity index (χ2n) is 7.37. The zero-order valence-corrected chi connectivity index (χ0v) is 19.4. The number of aryl methyl sites for hydroxylation is 2. The van der Waals surface area contributed by atoms with E-state index in [0.29, 0.717) is 23.6 Å². The molecule has 9 heteroatoms. The molecule has 0 saturated heterocycles. The lowest BCUT2D eigenvalue weighted by Crippen LogP contribution is -2.38. The number of amides is 3. The first-order chi connectivity index (χ1) is 15.8. The molecular weight excluding hydrogens is 424 g/mol. The van der Waals surface area contributed by atoms with Crippen LogP contribution in [0.3, 0.4) is 0 Å². The molecule has 0 aliphatic carbocycles. The Morgan fingerprint density at radius 1 is 1.03 bits per heavy atom. The minimum absolute atomic E-state index is 0.194. The number of unbranched alkanes of at least 4 members (excludes halogenated alkanes) is 1. The minimum Gasteiger partial charge on any atom is -0.493 e. The summed E-state index contributed by atoms with van der Waals surface area (Å²) in [6.07, 6.45) is 3.08. The van der Waals surface area contributed by atoms with Crippen LogP contribution in [0, 0.1) is 13.8 Å². The second kappa shape index (κ2) is 12.8. The van der Waals surface area contributed by atoms with Gasteiger partial charge in [0, 0.05) is 12.2 Å². The summed E-state index contributed by atoms with van der Waals surface area (Å²) < 4.78 is 10.9. The topological polar surface area (TPSA) is 118 Å². The number of anilines is 1. The highest BCUT2D eigenvalue weighted by atomic mass is 16.5. The lowest BCUT2D eigenvalue weighted by molar-refractivity contribution is -0.139. The van der Waals surface area contributed by atoms with E-state index in [1.807, 2.05) is 39.0 Å². The quantitative estimate of drug-likeness (QED) is 0.221. The molecule has 2 aromatic carbocycles. The van der Waals surface area contributed by atoms with Gasteiger partial charge >= 0.3 is 11.8 Å². The number of hydrogen-bond donors (Lipinski definition) is 3. The Morgan fingerprint density at radius 3 is 2.52 bits per heavy atom. The SMILES string of the molecule is CCCCNC(=O)C(=O)N/N=C\c1ccc(OCC(=O)Nc2ccc(C)cc2C)c(OC)c1. The van der Waals surface area contributed by atoms with E-state index in [2.05, 4.69) is 21.2 Å². The van der Waals surface area contributed by atoms with Gasteiger partial charge < -0.3 is 20.1 Å². The van der Waals surface area contributed by atoms with Gasteiger partial charge in [-0.2, -0.15) is 5.10 Å². The average molecular weight is 455 g/mol. The predicted molar refractivity (Wildman–Crippen MR) is 127 cm³/mol. The molecule has 0 atom stereocenters. The first-order valence-electron chi connectivity index (χ1n) is 10.6. The lowest BCUT2D eigenvalue weighted by Gasteiger charge is -2.12. The molecule has 3 amide bonds. The normalized spacial score (nSPS) is 10.5. The molecule has 0 aliphatic rings. The zero-order chi connectivity index (χ0) is 24.2. The molecular formula is C24H30N4O5. The third-order valence-corrected chi connectivity index (χ3v) is 4.60. The summed E-state index contributed by atoms with van der Waals surface area (Å²) in [5, 5.41) is 9.11. The number of ether oxygens (including phenoxy) is 2. The summed E-state index contributed by atoms with van der Waals surface area (Å²) in [4.78, 5) is 35.6. The first-order valence-corrected chi connectivity index (χ1v) is 10.6. The van der Waals surface area contributed by atoms with Gasteiger partial charge in [0.15, 0.2) is 18.1 Å². The van der Waals surface area contributed by atoms with E-state index in [0.717, 1.165) is 29.7 Å². The van der Waals surface area contributed by atoms with Crippen LogP contribution in [0.25, 0.3) is 0 Å². The molecule has 0 fully saturated rings. The number of hydrogen-bond acceptors (Lipinski definition) is 6. The summed E-state index contributed by atoms with van der Waals surface area (Å²) in [5.74, 6) is -1.11. The van der Waals surface area contributed by atoms with Crippen LogP contribution in [0.15, 0.2) is 41.5 Å². The van der Waals surface area contributed by atoms with Crippen LogP contribution in [-0.2, 0) is 14.4 Å². The largest absolute Gasteiger partial charge is 0.493 e. The third-order valence-electron chi connectivity index (χ3n) is 4.60. The monoisotopic (exact) mass is 454 g/mol. The van der Waals surface area contributed by atoms with E-state index in [9.17, 15) is 14.4 Å². The molecule has 2 rings (SSSR count). The van der Waals surface area contributed by atoms with Crippen molar-refractivity contribution in [2.75, 3.05) is 25.6 Å². The third kappa shape index (κ3) is 8.29. The molecule has 33 heavy (non-hydrogen) atoms. The number of hydrazone groups is 1. The van der Waals surface area contributed by atoms with Gasteiger partial charge in [0.25, 0.3) is 5.91 Å². The van der Waals surface area contributed by atoms with Crippen molar-refractivity contribution in [3.05, 3.63) is 53.1 Å². The number of benzene rings is 2. The fourth-order valence-electron chi connectivity index (χ4n) is 2.84. The van der Waals surface area contributed by atoms with Gasteiger partial charge in [-0.25, -0.2) is 5.43 Å². The van der Waals surface area contributed by atoms with Crippen LogP contribution >= 0.6 is 0 Å². The molecule has 0 bridgehead atoms. The molecule has 0 aliphatic heterocycles. The Morgan fingerprint density at radius 2 is 1.82 bits per heavy atom. The van der Waals surface area contributed by atoms with E-state index in [1.54, 1.807) is 18.2 Å². The second-order valence-corrected chi connectivity index (χ2v) is 7.37. The molecule has 0 radical (unpaired) electrons. The number of nitrogens with one attached hydrogen (secondary N) is 3. The van der Waals surface area contributed by atoms with Crippen molar-refractivity contribution < 1.29 is 23.9 Å². The Hall–Kier alpha value is -3.88. The van der Waals surface area contributed by atoms with Gasteiger partial charge in [0.05, 0.1) is 13.3 Å². The predicted octanol–water partition coefficient (Wildman–Crippen LogP) is 2.70. The van der Waals surface area contributed by atoms with Crippen LogP contribution in [-0.4, -0.2) is 44.2 Å². The average Bonchev–Trinajstić information content (AvgIpc) is 2.79. The summed E-state index contributed by atoms with van der Waals surface area (Å²) in [6.45, 7) is 6.14. The number of carbonyl (C=O) groups is 3. The zero-order valence-electron chi connectivity index (χ0n) is 19.4. The standard InChI is InChI=1S/C24H30N4O5/c1-5-6-11-25-23(30)24(31)28-26-14-18-8-10-20(21(13-18)32-4)33-15-22(29)27-19-9-7-16(2)12-17(19)3/h7-10,12-14H,5-6,11,15H2,1-4H3,(H,25,30)(H,27,29)(H,28,31)/b26-14-. The van der Waals surface area contributed by atoms with Crippen LogP contribution in [0.4, 0.5) is 5.69 Å². The Bertz CT molecular complexity index is 1020. The molecule has 9 nitrogen and oxygen atoms in total. The molecule has 0 unspecified atom stereocenters. The molecule has 0 spiro atoms. The van der Waals surface area contributed by atoms with E-state index in [1.165, 1.54) is 13.3 Å². The number of carbonyl (C=O) groups excluding carboxylic acids is 3. The fourth-order valence-corrected chi connectivity index (χ4v) is 2.84. The van der Waals surface area contributed by atoms with Crippen molar-refractivity contribution in [3.63, 3.8) is 0 Å². The van der Waals surface area contributed by atoms with Crippen molar-refractivity contribution in [1.29, 1.82) is 0 Å². The van der Waals surface area contributed by atoms with Crippen molar-refractivity contribution in [2.24, 2.45) is 5.10 Å². The molecule has 176 valence electrons. The fraction of sp³-hybridized carbons (Fsp3) is 0.333. The summed E-state index contributed by atoms with van der Waals surface area (Å²) in [6, 6.07) is 10.7. The minimum atomic E-state index is -0.843. The molecule has 0 aromatic heterocycles. The molecule has 0 saturated carbocycles. The Balaban J connectivity index is 1.90. The molecule has 0 heterocycles. The summed E-state index contributed by atoms with van der Waals surface area (Å²) in [5.41, 5.74) is 5.59. The van der Waals surface area contributed by atoms with Crippen LogP contribution in [0.2, 0.25) is 0 Å². The van der Waals surface area contributed by atoms with Crippen LogP contribution in [0.1, 0.15) is 36.5 Å². The van der Waals surface area contributed by atoms with Gasteiger partial charge in [-0.1, -0.05) is 31.0 Å². The Kier molecular flexibility index (Phi) is 9.88. The highest BCUT2D eigenvalue weighted by molar-refractivity contribution is 6.35. The number of rotatable bonds is 10. The van der Waals surface area contributed by atoms with E-state index >= 15 is 0 Å². The Labute approximate surface area is 193 Å². The smallest absolute Gasteiger partial charge is 0.329 e. The first kappa shape index (κ1) is 25.4. The highest BCUT2D eigenvalue weighted by Gasteiger charge is 2.12. The maximum Gasteiger partial charge on any atom is 0.329 e. The highest BCUT2D eigenvalue weighted by Crippen LogP contribution is 2.27. The van der Waals surface area contributed by atoms with E-state index in [4.69, 9.17) is 9.47 Å². The maximum absolute atomic E-state index is 12.3. The van der Waals surface area contributed by atoms with Crippen LogP contribution < -0.4 is 25.5 Å². The van der Waals surface area contributed by atoms with Gasteiger partial charge in [-0.15, -0.1) is 0 Å². The van der Waals surface area contributed by atoms with Gasteiger partial charge in [0.2, 0.25) is 0 Å². The van der Waals surface area contributed by atoms with Gasteiger partial charge in [0.1, 0.15) is 0 Å². The van der Waals surface area contributed by atoms with Gasteiger partial charge in [-0.3, -0.25) is 14.4 Å².